The van der Waals surface area contributed by atoms with Crippen LogP contribution < -0.4 is 10.9 Å². The number of carbonyl (C=O) groups is 2. The topological polar surface area (TPSA) is 71.1 Å². The molecule has 102 valence electrons. The van der Waals surface area contributed by atoms with Gasteiger partial charge < -0.3 is 0 Å². The Hall–Kier alpha value is -2.28. The van der Waals surface area contributed by atoms with Crippen LogP contribution in [0.2, 0.25) is 0 Å². The molecule has 1 aromatic heterocycles. The summed E-state index contributed by atoms with van der Waals surface area (Å²) in [6.45, 7) is 0. The fourth-order valence-corrected chi connectivity index (χ4v) is 1.75. The second kappa shape index (κ2) is 6.25. The first-order valence-corrected chi connectivity index (χ1v) is 6.34. The van der Waals surface area contributed by atoms with Crippen LogP contribution in [-0.2, 0) is 0 Å². The maximum atomic E-state index is 13.5. The molecule has 0 spiro atoms. The molecule has 20 heavy (non-hydrogen) atoms. The number of hydrazine groups is 1. The van der Waals surface area contributed by atoms with Crippen molar-refractivity contribution < 1.29 is 14.0 Å². The zero-order valence-electron chi connectivity index (χ0n) is 10.1. The molecule has 7 heteroatoms. The molecule has 0 unspecified atom stereocenters. The molecule has 0 atom stereocenters. The van der Waals surface area contributed by atoms with E-state index < -0.39 is 17.6 Å². The molecule has 0 aliphatic heterocycles. The Balaban J connectivity index is 2.00. The number of pyridine rings is 1. The van der Waals surface area contributed by atoms with Gasteiger partial charge in [0.15, 0.2) is 0 Å². The van der Waals surface area contributed by atoms with E-state index in [-0.39, 0.29) is 11.3 Å². The minimum Gasteiger partial charge on any atom is -0.267 e. The van der Waals surface area contributed by atoms with Gasteiger partial charge in [-0.1, -0.05) is 22.0 Å². The number of carbonyl (C=O) groups excluding carboxylic acids is 2. The summed E-state index contributed by atoms with van der Waals surface area (Å²) in [4.78, 5) is 27.2. The molecule has 0 bridgehead atoms. The van der Waals surface area contributed by atoms with E-state index in [1.54, 1.807) is 12.1 Å². The Morgan fingerprint density at radius 3 is 2.50 bits per heavy atom. The maximum absolute atomic E-state index is 13.5. The fourth-order valence-electron chi connectivity index (χ4n) is 1.42. The number of rotatable bonds is 2. The predicted octanol–water partition coefficient (Wildman–Crippen LogP) is 2.06. The van der Waals surface area contributed by atoms with Crippen molar-refractivity contribution in [1.29, 1.82) is 0 Å². The smallest absolute Gasteiger partial charge is 0.267 e. The minimum absolute atomic E-state index is 0.143. The van der Waals surface area contributed by atoms with E-state index in [1.165, 1.54) is 24.4 Å². The Kier molecular flexibility index (Phi) is 4.41. The van der Waals surface area contributed by atoms with Crippen molar-refractivity contribution in [1.82, 2.24) is 15.8 Å². The minimum atomic E-state index is -0.751. The number of nitrogens with one attached hydrogen (secondary N) is 2. The summed E-state index contributed by atoms with van der Waals surface area (Å²) in [6, 6.07) is 8.78. The lowest BCUT2D eigenvalue weighted by Crippen LogP contribution is -2.42. The van der Waals surface area contributed by atoms with Gasteiger partial charge in [-0.25, -0.2) is 4.39 Å². The number of nitrogens with zero attached hydrogens (tertiary/aromatic N) is 1. The molecular formula is C13H9BrFN3O2. The lowest BCUT2D eigenvalue weighted by Gasteiger charge is -2.07. The quantitative estimate of drug-likeness (QED) is 0.824. The van der Waals surface area contributed by atoms with Crippen LogP contribution in [0.4, 0.5) is 4.39 Å². The Labute approximate surface area is 122 Å². The fraction of sp³-hybridized carbons (Fsp3) is 0. The highest BCUT2D eigenvalue weighted by atomic mass is 79.9. The molecule has 0 saturated carbocycles. The molecule has 5 nitrogen and oxygen atoms in total. The third-order valence-corrected chi connectivity index (χ3v) is 2.86. The molecule has 0 saturated heterocycles. The average molecular weight is 338 g/mol. The molecule has 2 amide bonds. The summed E-state index contributed by atoms with van der Waals surface area (Å²) in [5.74, 6) is -2.03. The van der Waals surface area contributed by atoms with Crippen LogP contribution in [0.15, 0.2) is 47.1 Å². The highest BCUT2D eigenvalue weighted by Crippen LogP contribution is 2.14. The van der Waals surface area contributed by atoms with E-state index in [0.29, 0.717) is 4.47 Å². The third kappa shape index (κ3) is 3.39. The van der Waals surface area contributed by atoms with Gasteiger partial charge in [-0.05, 0) is 30.3 Å². The normalized spacial score (nSPS) is 9.90. The second-order valence-electron chi connectivity index (χ2n) is 3.75. The van der Waals surface area contributed by atoms with Gasteiger partial charge in [0.2, 0.25) is 0 Å². The van der Waals surface area contributed by atoms with Crippen LogP contribution in [0.5, 0.6) is 0 Å². The number of hydrogen-bond donors (Lipinski definition) is 2. The van der Waals surface area contributed by atoms with Crippen molar-refractivity contribution in [2.24, 2.45) is 0 Å². The molecule has 0 aliphatic carbocycles. The van der Waals surface area contributed by atoms with Gasteiger partial charge in [-0.2, -0.15) is 0 Å². The van der Waals surface area contributed by atoms with Gasteiger partial charge in [-0.15, -0.1) is 0 Å². The second-order valence-corrected chi connectivity index (χ2v) is 4.66. The first-order valence-electron chi connectivity index (χ1n) is 5.54. The summed E-state index contributed by atoms with van der Waals surface area (Å²) in [7, 11) is 0. The number of halogens is 2. The van der Waals surface area contributed by atoms with E-state index in [9.17, 15) is 14.0 Å². The number of hydrogen-bond acceptors (Lipinski definition) is 3. The molecule has 2 N–H and O–H groups in total. The Morgan fingerprint density at radius 1 is 1.10 bits per heavy atom. The van der Waals surface area contributed by atoms with Crippen molar-refractivity contribution >= 4 is 27.7 Å². The monoisotopic (exact) mass is 337 g/mol. The first kappa shape index (κ1) is 14.1. The maximum Gasteiger partial charge on any atom is 0.288 e. The van der Waals surface area contributed by atoms with Gasteiger partial charge in [0.05, 0.1) is 5.56 Å². The Bertz CT molecular complexity index is 649. The molecule has 0 fully saturated rings. The first-order chi connectivity index (χ1) is 9.58. The largest absolute Gasteiger partial charge is 0.288 e. The summed E-state index contributed by atoms with van der Waals surface area (Å²) in [5.41, 5.74) is 4.25. The lowest BCUT2D eigenvalue weighted by molar-refractivity contribution is 0.0841. The van der Waals surface area contributed by atoms with Crippen LogP contribution in [0.3, 0.4) is 0 Å². The van der Waals surface area contributed by atoms with Crippen LogP contribution in [0, 0.1) is 5.82 Å². The summed E-state index contributed by atoms with van der Waals surface area (Å²) in [6.07, 6.45) is 1.45. The third-order valence-electron chi connectivity index (χ3n) is 2.36. The molecular weight excluding hydrogens is 329 g/mol. The van der Waals surface area contributed by atoms with E-state index >= 15 is 0 Å². The van der Waals surface area contributed by atoms with Crippen molar-refractivity contribution in [3.05, 3.63) is 64.1 Å². The van der Waals surface area contributed by atoms with E-state index in [4.69, 9.17) is 0 Å². The van der Waals surface area contributed by atoms with Crippen LogP contribution in [0.1, 0.15) is 20.8 Å². The molecule has 1 heterocycles. The predicted molar refractivity (Wildman–Crippen MR) is 73.3 cm³/mol. The highest BCUT2D eigenvalue weighted by molar-refractivity contribution is 9.10. The number of amides is 2. The van der Waals surface area contributed by atoms with Crippen LogP contribution >= 0.6 is 15.9 Å². The number of benzene rings is 1. The van der Waals surface area contributed by atoms with Gasteiger partial charge in [-0.3, -0.25) is 25.4 Å². The van der Waals surface area contributed by atoms with Crippen LogP contribution in [-0.4, -0.2) is 16.8 Å². The van der Waals surface area contributed by atoms with E-state index in [2.05, 4.69) is 31.8 Å². The molecule has 2 rings (SSSR count). The zero-order valence-corrected chi connectivity index (χ0v) is 11.6. The molecule has 1 aromatic carbocycles. The SMILES string of the molecule is O=C(NNC(=O)c1ccc(Br)cc1F)c1ccccn1. The van der Waals surface area contributed by atoms with Gasteiger partial charge in [0.1, 0.15) is 11.5 Å². The summed E-state index contributed by atoms with van der Waals surface area (Å²) in [5, 5.41) is 0. The molecule has 0 radical (unpaired) electrons. The zero-order chi connectivity index (χ0) is 14.5. The summed E-state index contributed by atoms with van der Waals surface area (Å²) >= 11 is 3.09. The molecule has 0 aliphatic rings. The van der Waals surface area contributed by atoms with Crippen molar-refractivity contribution in [2.75, 3.05) is 0 Å². The summed E-state index contributed by atoms with van der Waals surface area (Å²) < 4.78 is 14.1. The Morgan fingerprint density at radius 2 is 1.85 bits per heavy atom. The van der Waals surface area contributed by atoms with E-state index in [1.807, 2.05) is 0 Å². The van der Waals surface area contributed by atoms with Crippen molar-refractivity contribution in [3.63, 3.8) is 0 Å². The molecule has 2 aromatic rings. The lowest BCUT2D eigenvalue weighted by atomic mass is 10.2. The highest BCUT2D eigenvalue weighted by Gasteiger charge is 2.13. The van der Waals surface area contributed by atoms with Gasteiger partial charge >= 0.3 is 0 Å². The van der Waals surface area contributed by atoms with Gasteiger partial charge in [0, 0.05) is 10.7 Å². The van der Waals surface area contributed by atoms with E-state index in [0.717, 1.165) is 6.07 Å². The standard InChI is InChI=1S/C13H9BrFN3O2/c14-8-4-5-9(10(15)7-8)12(19)17-18-13(20)11-3-1-2-6-16-11/h1-7H,(H,17,19)(H,18,20). The average Bonchev–Trinajstić information content (AvgIpc) is 2.45. The van der Waals surface area contributed by atoms with Crippen LogP contribution in [0.25, 0.3) is 0 Å². The van der Waals surface area contributed by atoms with Gasteiger partial charge in [0.25, 0.3) is 11.8 Å². The number of aromatic nitrogens is 1. The van der Waals surface area contributed by atoms with Crippen molar-refractivity contribution in [2.45, 2.75) is 0 Å². The van der Waals surface area contributed by atoms with Crippen molar-refractivity contribution in [3.8, 4) is 0 Å².